The lowest BCUT2D eigenvalue weighted by Gasteiger charge is -2.41. The molecule has 0 aromatic heterocycles. The maximum Gasteiger partial charge on any atom is 0.416 e. The van der Waals surface area contributed by atoms with E-state index in [9.17, 15) is 27.9 Å². The van der Waals surface area contributed by atoms with Crippen molar-refractivity contribution in [3.63, 3.8) is 0 Å². The highest BCUT2D eigenvalue weighted by atomic mass is 19.4. The maximum atomic E-state index is 12.9. The SMILES string of the molecule is O=C(O)[C@@H]1COC2(CCCCC2)N1C(=O)c1cccc(C(F)(F)F)c1. The van der Waals surface area contributed by atoms with Gasteiger partial charge in [0.15, 0.2) is 6.04 Å². The van der Waals surface area contributed by atoms with Crippen LogP contribution in [-0.2, 0) is 15.7 Å². The zero-order chi connectivity index (χ0) is 18.2. The third-order valence-electron chi connectivity index (χ3n) is 4.84. The molecule has 1 aromatic carbocycles. The average molecular weight is 357 g/mol. The van der Waals surface area contributed by atoms with Gasteiger partial charge >= 0.3 is 12.1 Å². The first kappa shape index (κ1) is 17.7. The number of carboxylic acid groups (broad SMARTS) is 1. The monoisotopic (exact) mass is 357 g/mol. The smallest absolute Gasteiger partial charge is 0.416 e. The second-order valence-corrected chi connectivity index (χ2v) is 6.43. The van der Waals surface area contributed by atoms with Crippen LogP contribution in [0.15, 0.2) is 24.3 Å². The molecule has 8 heteroatoms. The number of ether oxygens (including phenoxy) is 1. The summed E-state index contributed by atoms with van der Waals surface area (Å²) in [6.45, 7) is -0.153. The second-order valence-electron chi connectivity index (χ2n) is 6.43. The normalized spacial score (nSPS) is 23.0. The van der Waals surface area contributed by atoms with E-state index in [1.54, 1.807) is 0 Å². The predicted molar refractivity (Wildman–Crippen MR) is 80.8 cm³/mol. The lowest BCUT2D eigenvalue weighted by molar-refractivity contribution is -0.143. The summed E-state index contributed by atoms with van der Waals surface area (Å²) < 4.78 is 44.5. The van der Waals surface area contributed by atoms with Crippen LogP contribution >= 0.6 is 0 Å². The van der Waals surface area contributed by atoms with Crippen LogP contribution in [0.2, 0.25) is 0 Å². The summed E-state index contributed by atoms with van der Waals surface area (Å²) in [6.07, 6.45) is -1.10. The van der Waals surface area contributed by atoms with Crippen molar-refractivity contribution >= 4 is 11.9 Å². The van der Waals surface area contributed by atoms with Crippen molar-refractivity contribution in [1.82, 2.24) is 4.90 Å². The number of hydrogen-bond donors (Lipinski definition) is 1. The van der Waals surface area contributed by atoms with Crippen LogP contribution in [0.25, 0.3) is 0 Å². The highest BCUT2D eigenvalue weighted by molar-refractivity contribution is 5.97. The number of carbonyl (C=O) groups excluding carboxylic acids is 1. The van der Waals surface area contributed by atoms with E-state index in [1.807, 2.05) is 0 Å². The van der Waals surface area contributed by atoms with E-state index in [-0.39, 0.29) is 12.2 Å². The number of benzene rings is 1. The molecule has 3 rings (SSSR count). The molecule has 5 nitrogen and oxygen atoms in total. The minimum absolute atomic E-state index is 0.153. The fourth-order valence-corrected chi connectivity index (χ4v) is 3.63. The molecule has 1 saturated heterocycles. The van der Waals surface area contributed by atoms with Gasteiger partial charge in [-0.05, 0) is 43.9 Å². The zero-order valence-corrected chi connectivity index (χ0v) is 13.4. The Labute approximate surface area is 142 Å². The number of rotatable bonds is 2. The molecule has 0 unspecified atom stereocenters. The van der Waals surface area contributed by atoms with E-state index in [4.69, 9.17) is 4.74 Å². The fourth-order valence-electron chi connectivity index (χ4n) is 3.63. The van der Waals surface area contributed by atoms with Crippen LogP contribution in [0.4, 0.5) is 13.2 Å². The number of aliphatic carboxylic acids is 1. The first-order chi connectivity index (χ1) is 11.7. The summed E-state index contributed by atoms with van der Waals surface area (Å²) in [5, 5.41) is 9.42. The standard InChI is InChI=1S/C17H18F3NO4/c18-17(19,20)12-6-4-5-11(9-12)14(22)21-13(15(23)24)10-25-16(21)7-2-1-3-8-16/h4-6,9,13H,1-3,7-8,10H2,(H,23,24)/t13-/m0/s1. The molecule has 0 bridgehead atoms. The molecule has 1 N–H and O–H groups in total. The Morgan fingerprint density at radius 1 is 1.20 bits per heavy atom. The Balaban J connectivity index is 1.98. The van der Waals surface area contributed by atoms with Crippen molar-refractivity contribution in [1.29, 1.82) is 0 Å². The highest BCUT2D eigenvalue weighted by Crippen LogP contribution is 2.41. The van der Waals surface area contributed by atoms with Gasteiger partial charge in [-0.25, -0.2) is 4.79 Å². The first-order valence-electron chi connectivity index (χ1n) is 8.12. The number of carboxylic acids is 1. The Bertz CT molecular complexity index is 683. The van der Waals surface area contributed by atoms with Crippen LogP contribution in [0.3, 0.4) is 0 Å². The lowest BCUT2D eigenvalue weighted by Crippen LogP contribution is -2.54. The summed E-state index contributed by atoms with van der Waals surface area (Å²) in [5.74, 6) is -1.96. The molecule has 0 radical (unpaired) electrons. The van der Waals surface area contributed by atoms with E-state index in [2.05, 4.69) is 0 Å². The predicted octanol–water partition coefficient (Wildman–Crippen LogP) is 3.29. The van der Waals surface area contributed by atoms with E-state index >= 15 is 0 Å². The van der Waals surface area contributed by atoms with E-state index < -0.39 is 35.4 Å². The summed E-state index contributed by atoms with van der Waals surface area (Å²) in [4.78, 5) is 25.6. The molecule has 25 heavy (non-hydrogen) atoms. The van der Waals surface area contributed by atoms with Crippen LogP contribution in [0.5, 0.6) is 0 Å². The minimum atomic E-state index is -4.58. The summed E-state index contributed by atoms with van der Waals surface area (Å²) in [5.41, 5.74) is -2.16. The summed E-state index contributed by atoms with van der Waals surface area (Å²) in [6, 6.07) is 2.86. The number of hydrogen-bond acceptors (Lipinski definition) is 3. The average Bonchev–Trinajstić information content (AvgIpc) is 2.93. The van der Waals surface area contributed by atoms with Crippen LogP contribution in [0.1, 0.15) is 48.0 Å². The third kappa shape index (κ3) is 3.22. The fraction of sp³-hybridized carbons (Fsp3) is 0.529. The van der Waals surface area contributed by atoms with Crippen molar-refractivity contribution in [2.75, 3.05) is 6.61 Å². The van der Waals surface area contributed by atoms with Gasteiger partial charge in [0.2, 0.25) is 0 Å². The number of nitrogens with zero attached hydrogens (tertiary/aromatic N) is 1. The highest BCUT2D eigenvalue weighted by Gasteiger charge is 2.53. The number of halogens is 3. The summed E-state index contributed by atoms with van der Waals surface area (Å²) >= 11 is 0. The van der Waals surface area contributed by atoms with Gasteiger partial charge in [-0.1, -0.05) is 12.5 Å². The zero-order valence-electron chi connectivity index (χ0n) is 13.4. The van der Waals surface area contributed by atoms with E-state index in [1.165, 1.54) is 6.07 Å². The third-order valence-corrected chi connectivity index (χ3v) is 4.84. The molecule has 1 heterocycles. The van der Waals surface area contributed by atoms with Crippen molar-refractivity contribution in [3.8, 4) is 0 Å². The molecule has 1 aliphatic heterocycles. The molecular formula is C17H18F3NO4. The molecule has 1 saturated carbocycles. The van der Waals surface area contributed by atoms with E-state index in [0.717, 1.165) is 42.4 Å². The number of amides is 1. The first-order valence-corrected chi connectivity index (χ1v) is 8.12. The van der Waals surface area contributed by atoms with Gasteiger partial charge in [0, 0.05) is 5.56 Å². The molecular weight excluding hydrogens is 339 g/mol. The Hall–Kier alpha value is -2.09. The largest absolute Gasteiger partial charge is 0.480 e. The minimum Gasteiger partial charge on any atom is -0.480 e. The van der Waals surface area contributed by atoms with Gasteiger partial charge in [-0.15, -0.1) is 0 Å². The van der Waals surface area contributed by atoms with Crippen LogP contribution in [-0.4, -0.2) is 40.3 Å². The molecule has 1 spiro atoms. The van der Waals surface area contributed by atoms with Gasteiger partial charge in [-0.2, -0.15) is 13.2 Å². The molecule has 1 aliphatic carbocycles. The summed E-state index contributed by atoms with van der Waals surface area (Å²) in [7, 11) is 0. The maximum absolute atomic E-state index is 12.9. The van der Waals surface area contributed by atoms with Crippen molar-refractivity contribution < 1.29 is 32.6 Å². The van der Waals surface area contributed by atoms with Crippen LogP contribution in [0, 0.1) is 0 Å². The van der Waals surface area contributed by atoms with Crippen molar-refractivity contribution in [2.45, 2.75) is 50.0 Å². The molecule has 136 valence electrons. The molecule has 2 aliphatic rings. The Morgan fingerprint density at radius 2 is 1.88 bits per heavy atom. The molecule has 1 amide bonds. The van der Waals surface area contributed by atoms with Crippen molar-refractivity contribution in [2.24, 2.45) is 0 Å². The van der Waals surface area contributed by atoms with Gasteiger partial charge < -0.3 is 9.84 Å². The van der Waals surface area contributed by atoms with Gasteiger partial charge in [0.05, 0.1) is 12.2 Å². The van der Waals surface area contributed by atoms with Gasteiger partial charge in [0.1, 0.15) is 5.72 Å². The molecule has 2 fully saturated rings. The Kier molecular flexibility index (Phi) is 4.49. The van der Waals surface area contributed by atoms with Gasteiger partial charge in [-0.3, -0.25) is 9.69 Å². The molecule has 1 atom stereocenters. The topological polar surface area (TPSA) is 66.8 Å². The number of carbonyl (C=O) groups is 2. The lowest BCUT2D eigenvalue weighted by atomic mass is 9.89. The Morgan fingerprint density at radius 3 is 2.48 bits per heavy atom. The number of alkyl halides is 3. The van der Waals surface area contributed by atoms with Crippen molar-refractivity contribution in [3.05, 3.63) is 35.4 Å². The van der Waals surface area contributed by atoms with Crippen LogP contribution < -0.4 is 0 Å². The van der Waals surface area contributed by atoms with Gasteiger partial charge in [0.25, 0.3) is 5.91 Å². The molecule has 1 aromatic rings. The van der Waals surface area contributed by atoms with E-state index in [0.29, 0.717) is 12.8 Å². The quantitative estimate of drug-likeness (QED) is 0.882. The second kappa shape index (κ2) is 6.33.